The molecule has 0 fully saturated rings. The molecule has 0 aromatic carbocycles. The van der Waals surface area contributed by atoms with Crippen LogP contribution in [0.15, 0.2) is 27.6 Å². The minimum atomic E-state index is -4.21. The molecule has 2 rings (SSSR count). The molecular formula is C9H6BrIN2O4S. The number of hydrogen-bond donors (Lipinski definition) is 1. The molecule has 0 aliphatic rings. The molecule has 0 saturated carbocycles. The lowest BCUT2D eigenvalue weighted by Gasteiger charge is -2.05. The van der Waals surface area contributed by atoms with Crippen molar-refractivity contribution in [3.8, 4) is 0 Å². The van der Waals surface area contributed by atoms with Crippen LogP contribution in [0.5, 0.6) is 0 Å². The second-order valence-electron chi connectivity index (χ2n) is 3.51. The summed E-state index contributed by atoms with van der Waals surface area (Å²) in [5, 5.41) is 0. The summed E-state index contributed by atoms with van der Waals surface area (Å²) in [6.07, 6.45) is 1.55. The zero-order chi connectivity index (χ0) is 13.5. The summed E-state index contributed by atoms with van der Waals surface area (Å²) in [6, 6.07) is 2.84. The molecule has 2 aromatic heterocycles. The standard InChI is InChI=1S/C9H6BrIN2O4S/c10-5-1-7(11)9-12-6(4-18(15,16)17)2-8(14)13(9)3-5/h1-3H,4H2,(H,15,16,17). The molecule has 0 bridgehead atoms. The van der Waals surface area contributed by atoms with E-state index in [9.17, 15) is 13.2 Å². The molecule has 0 atom stereocenters. The lowest BCUT2D eigenvalue weighted by Crippen LogP contribution is -2.18. The molecule has 0 amide bonds. The van der Waals surface area contributed by atoms with Crippen LogP contribution >= 0.6 is 38.5 Å². The zero-order valence-corrected chi connectivity index (χ0v) is 13.2. The summed E-state index contributed by atoms with van der Waals surface area (Å²) in [4.78, 5) is 15.9. The number of halogens is 2. The molecule has 0 saturated heterocycles. The Morgan fingerprint density at radius 1 is 1.44 bits per heavy atom. The van der Waals surface area contributed by atoms with E-state index < -0.39 is 21.4 Å². The summed E-state index contributed by atoms with van der Waals surface area (Å²) in [6.45, 7) is 0. The fourth-order valence-corrected chi connectivity index (χ4v) is 3.54. The molecule has 1 N–H and O–H groups in total. The average molecular weight is 445 g/mol. The van der Waals surface area contributed by atoms with E-state index in [1.165, 1.54) is 4.40 Å². The molecule has 96 valence electrons. The number of pyridine rings is 1. The third-order valence-electron chi connectivity index (χ3n) is 2.07. The van der Waals surface area contributed by atoms with E-state index in [-0.39, 0.29) is 5.69 Å². The lowest BCUT2D eigenvalue weighted by atomic mass is 10.4. The van der Waals surface area contributed by atoms with Crippen molar-refractivity contribution in [1.29, 1.82) is 0 Å². The molecule has 6 nitrogen and oxygen atoms in total. The van der Waals surface area contributed by atoms with Gasteiger partial charge in [-0.3, -0.25) is 13.7 Å². The Hall–Kier alpha value is -0.520. The number of hydrogen-bond acceptors (Lipinski definition) is 4. The highest BCUT2D eigenvalue weighted by Crippen LogP contribution is 2.17. The van der Waals surface area contributed by atoms with E-state index in [0.29, 0.717) is 13.7 Å². The van der Waals surface area contributed by atoms with Gasteiger partial charge in [0.2, 0.25) is 0 Å². The number of fused-ring (bicyclic) bond motifs is 1. The van der Waals surface area contributed by atoms with Gasteiger partial charge < -0.3 is 0 Å². The highest BCUT2D eigenvalue weighted by atomic mass is 127. The van der Waals surface area contributed by atoms with Crippen molar-refractivity contribution in [2.45, 2.75) is 5.75 Å². The number of nitrogens with zero attached hydrogens (tertiary/aromatic N) is 2. The Morgan fingerprint density at radius 2 is 2.11 bits per heavy atom. The van der Waals surface area contributed by atoms with Crippen molar-refractivity contribution in [2.75, 3.05) is 0 Å². The smallest absolute Gasteiger partial charge is 0.270 e. The van der Waals surface area contributed by atoms with E-state index >= 15 is 0 Å². The minimum absolute atomic E-state index is 0.0164. The second kappa shape index (κ2) is 4.87. The average Bonchev–Trinajstić information content (AvgIpc) is 2.17. The fraction of sp³-hybridized carbons (Fsp3) is 0.111. The van der Waals surface area contributed by atoms with E-state index in [4.69, 9.17) is 4.55 Å². The maximum atomic E-state index is 11.8. The van der Waals surface area contributed by atoms with Crippen LogP contribution in [0.2, 0.25) is 0 Å². The van der Waals surface area contributed by atoms with Crippen molar-refractivity contribution in [3.05, 3.63) is 42.4 Å². The van der Waals surface area contributed by atoms with Crippen LogP contribution in [0.1, 0.15) is 5.69 Å². The Labute approximate surface area is 124 Å². The highest BCUT2D eigenvalue weighted by molar-refractivity contribution is 14.1. The van der Waals surface area contributed by atoms with Gasteiger partial charge in [0.15, 0.2) is 5.65 Å². The van der Waals surface area contributed by atoms with E-state index in [0.717, 1.165) is 6.07 Å². The Bertz CT molecular complexity index is 787. The maximum absolute atomic E-state index is 11.8. The normalized spacial score (nSPS) is 11.9. The molecule has 2 heterocycles. The van der Waals surface area contributed by atoms with Gasteiger partial charge in [-0.2, -0.15) is 8.42 Å². The van der Waals surface area contributed by atoms with E-state index in [2.05, 4.69) is 20.9 Å². The quantitative estimate of drug-likeness (QED) is 0.559. The van der Waals surface area contributed by atoms with Crippen LogP contribution < -0.4 is 5.56 Å². The van der Waals surface area contributed by atoms with Crippen molar-refractivity contribution in [3.63, 3.8) is 0 Å². The van der Waals surface area contributed by atoms with Crippen molar-refractivity contribution >= 4 is 54.3 Å². The Balaban J connectivity index is 2.73. The van der Waals surface area contributed by atoms with Gasteiger partial charge in [0.25, 0.3) is 15.7 Å². The maximum Gasteiger partial charge on any atom is 0.270 e. The Kier molecular flexibility index (Phi) is 3.76. The van der Waals surface area contributed by atoms with E-state index in [1.54, 1.807) is 12.3 Å². The molecule has 0 aliphatic carbocycles. The second-order valence-corrected chi connectivity index (χ2v) is 7.04. The van der Waals surface area contributed by atoms with Gasteiger partial charge in [0.1, 0.15) is 5.75 Å². The first-order valence-electron chi connectivity index (χ1n) is 4.59. The van der Waals surface area contributed by atoms with Gasteiger partial charge in [-0.05, 0) is 44.6 Å². The predicted octanol–water partition coefficient (Wildman–Crippen LogP) is 1.45. The summed E-state index contributed by atoms with van der Waals surface area (Å²) in [7, 11) is -4.21. The molecular weight excluding hydrogens is 439 g/mol. The largest absolute Gasteiger partial charge is 0.285 e. The summed E-state index contributed by atoms with van der Waals surface area (Å²) >= 11 is 5.25. The first-order chi connectivity index (χ1) is 8.26. The van der Waals surface area contributed by atoms with Crippen LogP contribution in [-0.4, -0.2) is 22.4 Å². The summed E-state index contributed by atoms with van der Waals surface area (Å²) in [5.74, 6) is -0.676. The van der Waals surface area contributed by atoms with Crippen LogP contribution in [0.3, 0.4) is 0 Å². The molecule has 18 heavy (non-hydrogen) atoms. The molecule has 0 aliphatic heterocycles. The van der Waals surface area contributed by atoms with Gasteiger partial charge in [-0.15, -0.1) is 0 Å². The van der Waals surface area contributed by atoms with Crippen LogP contribution in [-0.2, 0) is 15.9 Å². The van der Waals surface area contributed by atoms with E-state index in [1.807, 2.05) is 22.6 Å². The van der Waals surface area contributed by atoms with Gasteiger partial charge in [0, 0.05) is 16.7 Å². The summed E-state index contributed by atoms with van der Waals surface area (Å²) < 4.78 is 33.0. The zero-order valence-electron chi connectivity index (χ0n) is 8.67. The van der Waals surface area contributed by atoms with Crippen molar-refractivity contribution in [2.24, 2.45) is 0 Å². The monoisotopic (exact) mass is 444 g/mol. The number of aromatic nitrogens is 2. The van der Waals surface area contributed by atoms with Crippen LogP contribution in [0.25, 0.3) is 5.65 Å². The molecule has 0 radical (unpaired) electrons. The topological polar surface area (TPSA) is 88.7 Å². The van der Waals surface area contributed by atoms with Crippen molar-refractivity contribution < 1.29 is 13.0 Å². The summed E-state index contributed by atoms with van der Waals surface area (Å²) in [5.41, 5.74) is -0.0365. The van der Waals surface area contributed by atoms with Gasteiger partial charge in [-0.25, -0.2) is 4.98 Å². The molecule has 0 spiro atoms. The minimum Gasteiger partial charge on any atom is -0.285 e. The van der Waals surface area contributed by atoms with Gasteiger partial charge in [-0.1, -0.05) is 0 Å². The molecule has 2 aromatic rings. The third-order valence-corrected chi connectivity index (χ3v) is 3.95. The van der Waals surface area contributed by atoms with Crippen LogP contribution in [0, 0.1) is 3.57 Å². The van der Waals surface area contributed by atoms with Gasteiger partial charge in [0.05, 0.1) is 9.26 Å². The Morgan fingerprint density at radius 3 is 2.72 bits per heavy atom. The third kappa shape index (κ3) is 3.08. The first kappa shape index (κ1) is 13.9. The first-order valence-corrected chi connectivity index (χ1v) is 8.07. The molecule has 9 heteroatoms. The SMILES string of the molecule is O=c1cc(CS(=O)(=O)O)nc2c(I)cc(Br)cn12. The van der Waals surface area contributed by atoms with Crippen molar-refractivity contribution in [1.82, 2.24) is 9.38 Å². The fourth-order valence-electron chi connectivity index (χ4n) is 1.44. The molecule has 0 unspecified atom stereocenters. The highest BCUT2D eigenvalue weighted by Gasteiger charge is 2.12. The lowest BCUT2D eigenvalue weighted by molar-refractivity contribution is 0.481. The number of rotatable bonds is 2. The predicted molar refractivity (Wildman–Crippen MR) is 77.1 cm³/mol. The van der Waals surface area contributed by atoms with Crippen LogP contribution in [0.4, 0.5) is 0 Å². The van der Waals surface area contributed by atoms with Gasteiger partial charge >= 0.3 is 0 Å².